The predicted molar refractivity (Wildman–Crippen MR) is 80.8 cm³/mol. The van der Waals surface area contributed by atoms with Gasteiger partial charge in [0.2, 0.25) is 0 Å². The molecule has 0 aliphatic heterocycles. The molecule has 4 nitrogen and oxygen atoms in total. The molecule has 1 aromatic rings. The van der Waals surface area contributed by atoms with Gasteiger partial charge in [0.25, 0.3) is 0 Å². The number of aliphatic imine (C=N–C) groups is 1. The van der Waals surface area contributed by atoms with Crippen molar-refractivity contribution in [3.63, 3.8) is 0 Å². The average molecular weight is 284 g/mol. The molecule has 19 heavy (non-hydrogen) atoms. The number of nitrogens with one attached hydrogen (secondary N) is 1. The maximum absolute atomic E-state index is 5.98. The van der Waals surface area contributed by atoms with E-state index in [-0.39, 0.29) is 0 Å². The summed E-state index contributed by atoms with van der Waals surface area (Å²) >= 11 is 5.98. The lowest BCUT2D eigenvalue weighted by Crippen LogP contribution is -2.39. The van der Waals surface area contributed by atoms with Crippen LogP contribution in [0.3, 0.4) is 0 Å². The smallest absolute Gasteiger partial charge is 0.193 e. The van der Waals surface area contributed by atoms with E-state index in [1.54, 1.807) is 14.2 Å². The molecule has 1 N–H and O–H groups in total. The van der Waals surface area contributed by atoms with Gasteiger partial charge < -0.3 is 15.0 Å². The highest BCUT2D eigenvalue weighted by atomic mass is 35.5. The van der Waals surface area contributed by atoms with E-state index in [0.717, 1.165) is 42.7 Å². The lowest BCUT2D eigenvalue weighted by atomic mass is 10.2. The van der Waals surface area contributed by atoms with E-state index in [1.807, 2.05) is 25.2 Å². The van der Waals surface area contributed by atoms with Crippen molar-refractivity contribution in [1.82, 2.24) is 10.2 Å². The number of rotatable bonds is 6. The molecular formula is C14H22ClN3O. The van der Waals surface area contributed by atoms with Crippen molar-refractivity contribution in [2.24, 2.45) is 4.99 Å². The van der Waals surface area contributed by atoms with Crippen molar-refractivity contribution >= 4 is 17.6 Å². The molecule has 0 heterocycles. The number of ether oxygens (including phenoxy) is 1. The summed E-state index contributed by atoms with van der Waals surface area (Å²) in [5, 5.41) is 4.06. The fraction of sp³-hybridized carbons (Fsp3) is 0.500. The maximum atomic E-state index is 5.98. The van der Waals surface area contributed by atoms with Gasteiger partial charge in [0, 0.05) is 45.9 Å². The molecule has 5 heteroatoms. The van der Waals surface area contributed by atoms with Crippen LogP contribution in [0.25, 0.3) is 0 Å². The maximum Gasteiger partial charge on any atom is 0.193 e. The summed E-state index contributed by atoms with van der Waals surface area (Å²) in [6.45, 7) is 2.37. The Morgan fingerprint density at radius 2 is 2.26 bits per heavy atom. The molecule has 0 spiro atoms. The van der Waals surface area contributed by atoms with Crippen molar-refractivity contribution in [2.75, 3.05) is 34.4 Å². The van der Waals surface area contributed by atoms with E-state index in [4.69, 9.17) is 16.3 Å². The number of nitrogens with zero attached hydrogens (tertiary/aromatic N) is 2. The molecule has 0 aromatic heterocycles. The molecule has 0 saturated carbocycles. The van der Waals surface area contributed by atoms with E-state index in [0.29, 0.717) is 0 Å². The van der Waals surface area contributed by atoms with Crippen molar-refractivity contribution in [1.29, 1.82) is 0 Å². The molecule has 0 atom stereocenters. The monoisotopic (exact) mass is 283 g/mol. The van der Waals surface area contributed by atoms with Crippen LogP contribution in [0.5, 0.6) is 0 Å². The van der Waals surface area contributed by atoms with Crippen LogP contribution in [0.4, 0.5) is 0 Å². The highest BCUT2D eigenvalue weighted by Gasteiger charge is 2.06. The van der Waals surface area contributed by atoms with Gasteiger partial charge >= 0.3 is 0 Å². The van der Waals surface area contributed by atoms with Gasteiger partial charge in [0.15, 0.2) is 5.96 Å². The fourth-order valence-electron chi connectivity index (χ4n) is 1.79. The lowest BCUT2D eigenvalue weighted by Gasteiger charge is -2.22. The number of guanidine groups is 1. The topological polar surface area (TPSA) is 36.9 Å². The molecule has 0 aliphatic rings. The average Bonchev–Trinajstić information content (AvgIpc) is 2.38. The van der Waals surface area contributed by atoms with Crippen molar-refractivity contribution in [3.05, 3.63) is 34.9 Å². The SMILES string of the molecule is CN=C(NCCCOC)N(C)Cc1cccc(Cl)c1. The van der Waals surface area contributed by atoms with Gasteiger partial charge in [-0.3, -0.25) is 4.99 Å². The summed E-state index contributed by atoms with van der Waals surface area (Å²) in [6, 6.07) is 7.86. The molecule has 1 aromatic carbocycles. The standard InChI is InChI=1S/C14H22ClN3O/c1-16-14(17-8-5-9-19-3)18(2)11-12-6-4-7-13(15)10-12/h4,6-7,10H,5,8-9,11H2,1-3H3,(H,16,17). The number of hydrogen-bond donors (Lipinski definition) is 1. The normalized spacial score (nSPS) is 11.5. The first-order valence-electron chi connectivity index (χ1n) is 6.32. The van der Waals surface area contributed by atoms with E-state index in [1.165, 1.54) is 0 Å². The molecular weight excluding hydrogens is 262 g/mol. The first kappa shape index (κ1) is 15.8. The zero-order valence-electron chi connectivity index (χ0n) is 11.8. The summed E-state index contributed by atoms with van der Waals surface area (Å²) < 4.78 is 5.02. The second-order valence-electron chi connectivity index (χ2n) is 4.31. The van der Waals surface area contributed by atoms with Gasteiger partial charge in [-0.05, 0) is 24.1 Å². The number of benzene rings is 1. The predicted octanol–water partition coefficient (Wildman–Crippen LogP) is 2.38. The molecule has 0 radical (unpaired) electrons. The van der Waals surface area contributed by atoms with Crippen LogP contribution in [0.1, 0.15) is 12.0 Å². The minimum absolute atomic E-state index is 0.752. The third-order valence-electron chi connectivity index (χ3n) is 2.69. The molecule has 0 bridgehead atoms. The minimum atomic E-state index is 0.752. The van der Waals surface area contributed by atoms with Gasteiger partial charge in [-0.15, -0.1) is 0 Å². The lowest BCUT2D eigenvalue weighted by molar-refractivity contribution is 0.195. The summed E-state index contributed by atoms with van der Waals surface area (Å²) in [5.74, 6) is 0.871. The zero-order valence-corrected chi connectivity index (χ0v) is 12.6. The Kier molecular flexibility index (Phi) is 7.30. The molecule has 0 unspecified atom stereocenters. The second-order valence-corrected chi connectivity index (χ2v) is 4.74. The van der Waals surface area contributed by atoms with Crippen LogP contribution in [0, 0.1) is 0 Å². The van der Waals surface area contributed by atoms with Crippen LogP contribution < -0.4 is 5.32 Å². The summed E-state index contributed by atoms with van der Waals surface area (Å²) in [5.41, 5.74) is 1.16. The zero-order chi connectivity index (χ0) is 14.1. The van der Waals surface area contributed by atoms with E-state index < -0.39 is 0 Å². The molecule has 0 fully saturated rings. The van der Waals surface area contributed by atoms with Gasteiger partial charge in [-0.2, -0.15) is 0 Å². The number of methoxy groups -OCH3 is 1. The highest BCUT2D eigenvalue weighted by molar-refractivity contribution is 6.30. The summed E-state index contributed by atoms with van der Waals surface area (Å²) in [4.78, 5) is 6.33. The van der Waals surface area contributed by atoms with E-state index in [2.05, 4.69) is 21.3 Å². The number of hydrogen-bond acceptors (Lipinski definition) is 2. The molecule has 0 amide bonds. The van der Waals surface area contributed by atoms with Crippen molar-refractivity contribution in [2.45, 2.75) is 13.0 Å². The molecule has 106 valence electrons. The molecule has 0 aliphatic carbocycles. The fourth-order valence-corrected chi connectivity index (χ4v) is 2.00. The largest absolute Gasteiger partial charge is 0.385 e. The first-order chi connectivity index (χ1) is 9.17. The van der Waals surface area contributed by atoms with Crippen LogP contribution in [-0.4, -0.2) is 45.2 Å². The Morgan fingerprint density at radius 1 is 1.47 bits per heavy atom. The first-order valence-corrected chi connectivity index (χ1v) is 6.70. The minimum Gasteiger partial charge on any atom is -0.385 e. The Balaban J connectivity index is 2.47. The summed E-state index contributed by atoms with van der Waals surface area (Å²) in [7, 11) is 5.50. The Morgan fingerprint density at radius 3 is 2.89 bits per heavy atom. The van der Waals surface area contributed by atoms with Crippen LogP contribution >= 0.6 is 11.6 Å². The summed E-state index contributed by atoms with van der Waals surface area (Å²) in [6.07, 6.45) is 0.959. The Bertz CT molecular complexity index is 409. The van der Waals surface area contributed by atoms with Crippen molar-refractivity contribution in [3.8, 4) is 0 Å². The van der Waals surface area contributed by atoms with Crippen LogP contribution in [-0.2, 0) is 11.3 Å². The highest BCUT2D eigenvalue weighted by Crippen LogP contribution is 2.12. The third kappa shape index (κ3) is 5.94. The quantitative estimate of drug-likeness (QED) is 0.495. The van der Waals surface area contributed by atoms with Gasteiger partial charge in [0.1, 0.15) is 0 Å². The second kappa shape index (κ2) is 8.77. The van der Waals surface area contributed by atoms with Gasteiger partial charge in [-0.1, -0.05) is 23.7 Å². The van der Waals surface area contributed by atoms with Crippen molar-refractivity contribution < 1.29 is 4.74 Å². The number of halogens is 1. The van der Waals surface area contributed by atoms with Crippen LogP contribution in [0.15, 0.2) is 29.3 Å². The molecule has 0 saturated heterocycles. The van der Waals surface area contributed by atoms with Crippen LogP contribution in [0.2, 0.25) is 5.02 Å². The van der Waals surface area contributed by atoms with E-state index in [9.17, 15) is 0 Å². The Labute approximate surface area is 120 Å². The van der Waals surface area contributed by atoms with E-state index >= 15 is 0 Å². The molecule has 1 rings (SSSR count). The van der Waals surface area contributed by atoms with Gasteiger partial charge in [-0.25, -0.2) is 0 Å². The Hall–Kier alpha value is -1.26. The third-order valence-corrected chi connectivity index (χ3v) is 2.93. The van der Waals surface area contributed by atoms with Gasteiger partial charge in [0.05, 0.1) is 0 Å².